The molecule has 1 heterocycles. The van der Waals surface area contributed by atoms with Gasteiger partial charge in [0.1, 0.15) is 0 Å². The van der Waals surface area contributed by atoms with Gasteiger partial charge in [0.15, 0.2) is 0 Å². The number of aromatic nitrogens is 1. The summed E-state index contributed by atoms with van der Waals surface area (Å²) in [4.78, 5) is 15.6. The van der Waals surface area contributed by atoms with Crippen molar-refractivity contribution >= 4 is 21.9 Å². The first-order valence-electron chi connectivity index (χ1n) is 4.31. The number of rotatable bonds is 3. The van der Waals surface area contributed by atoms with Crippen LogP contribution in [0.1, 0.15) is 23.0 Å². The summed E-state index contributed by atoms with van der Waals surface area (Å²) >= 11 is 3.44. The number of ether oxygens (including phenoxy) is 1. The number of halogens is 1. The highest BCUT2D eigenvalue weighted by Crippen LogP contribution is 2.08. The Balaban J connectivity index is 2.73. The van der Waals surface area contributed by atoms with E-state index < -0.39 is 0 Å². The molecule has 0 radical (unpaired) electrons. The van der Waals surface area contributed by atoms with E-state index in [1.54, 1.807) is 6.07 Å². The van der Waals surface area contributed by atoms with Crippen LogP contribution in [0.3, 0.4) is 0 Å². The molecule has 0 spiro atoms. The van der Waals surface area contributed by atoms with Gasteiger partial charge in [-0.25, -0.2) is 4.79 Å². The molecule has 1 aromatic heterocycles. The van der Waals surface area contributed by atoms with Crippen LogP contribution in [0.2, 0.25) is 0 Å². The van der Waals surface area contributed by atoms with Gasteiger partial charge in [0, 0.05) is 23.1 Å². The zero-order chi connectivity index (χ0) is 10.6. The number of pyridine rings is 1. The van der Waals surface area contributed by atoms with E-state index in [1.165, 1.54) is 13.3 Å². The lowest BCUT2D eigenvalue weighted by atomic mass is 10.2. The second-order valence-electron chi connectivity index (χ2n) is 3.01. The molecular formula is C10H12BrNO2. The van der Waals surface area contributed by atoms with Crippen LogP contribution in [0.15, 0.2) is 18.3 Å². The molecule has 0 fully saturated rings. The van der Waals surface area contributed by atoms with Crippen molar-refractivity contribution < 1.29 is 9.53 Å². The summed E-state index contributed by atoms with van der Waals surface area (Å²) in [5.41, 5.74) is 1.44. The highest BCUT2D eigenvalue weighted by molar-refractivity contribution is 9.09. The van der Waals surface area contributed by atoms with Crippen LogP contribution >= 0.6 is 15.9 Å². The fourth-order valence-electron chi connectivity index (χ4n) is 1.07. The first kappa shape index (κ1) is 11.2. The van der Waals surface area contributed by atoms with Gasteiger partial charge in [-0.05, 0) is 12.1 Å². The molecule has 1 aromatic rings. The lowest BCUT2D eigenvalue weighted by Crippen LogP contribution is -2.04. The maximum atomic E-state index is 11.1. The van der Waals surface area contributed by atoms with Crippen molar-refractivity contribution in [2.24, 2.45) is 0 Å². The van der Waals surface area contributed by atoms with E-state index in [4.69, 9.17) is 0 Å². The molecule has 14 heavy (non-hydrogen) atoms. The number of carbonyl (C=O) groups is 1. The lowest BCUT2D eigenvalue weighted by Gasteiger charge is -2.03. The van der Waals surface area contributed by atoms with Gasteiger partial charge in [-0.15, -0.1) is 0 Å². The number of esters is 1. The largest absolute Gasteiger partial charge is 0.465 e. The fourth-order valence-corrected chi connectivity index (χ4v) is 1.40. The predicted molar refractivity (Wildman–Crippen MR) is 57.7 cm³/mol. The van der Waals surface area contributed by atoms with Crippen LogP contribution < -0.4 is 0 Å². The molecule has 0 N–H and O–H groups in total. The summed E-state index contributed by atoms with van der Waals surface area (Å²) in [6.07, 6.45) is 2.39. The number of carbonyl (C=O) groups excluding carboxylic acids is 1. The minimum absolute atomic E-state index is 0.351. The SMILES string of the molecule is COC(=O)c1ccc(CC(C)Br)nc1. The van der Waals surface area contributed by atoms with Gasteiger partial charge < -0.3 is 4.74 Å². The summed E-state index contributed by atoms with van der Waals surface area (Å²) in [6.45, 7) is 2.05. The van der Waals surface area contributed by atoms with Crippen molar-refractivity contribution in [2.75, 3.05) is 7.11 Å². The maximum absolute atomic E-state index is 11.1. The van der Waals surface area contributed by atoms with Crippen molar-refractivity contribution in [1.29, 1.82) is 0 Å². The lowest BCUT2D eigenvalue weighted by molar-refractivity contribution is 0.0600. The zero-order valence-electron chi connectivity index (χ0n) is 8.16. The van der Waals surface area contributed by atoms with Gasteiger partial charge in [0.25, 0.3) is 0 Å². The zero-order valence-corrected chi connectivity index (χ0v) is 9.74. The van der Waals surface area contributed by atoms with E-state index in [9.17, 15) is 4.79 Å². The van der Waals surface area contributed by atoms with E-state index in [2.05, 4.69) is 32.6 Å². The van der Waals surface area contributed by atoms with E-state index in [0.717, 1.165) is 12.1 Å². The van der Waals surface area contributed by atoms with Gasteiger partial charge in [-0.3, -0.25) is 4.98 Å². The molecule has 0 aliphatic heterocycles. The molecule has 76 valence electrons. The van der Waals surface area contributed by atoms with Crippen LogP contribution in [-0.2, 0) is 11.2 Å². The monoisotopic (exact) mass is 257 g/mol. The first-order valence-corrected chi connectivity index (χ1v) is 5.22. The molecule has 0 aromatic carbocycles. The van der Waals surface area contributed by atoms with E-state index in [-0.39, 0.29) is 5.97 Å². The average molecular weight is 258 g/mol. The third-order valence-corrected chi connectivity index (χ3v) is 2.06. The van der Waals surface area contributed by atoms with Crippen molar-refractivity contribution in [3.63, 3.8) is 0 Å². The minimum atomic E-state index is -0.351. The average Bonchev–Trinajstić information content (AvgIpc) is 2.17. The molecule has 1 rings (SSSR count). The summed E-state index contributed by atoms with van der Waals surface area (Å²) < 4.78 is 4.57. The Morgan fingerprint density at radius 2 is 2.36 bits per heavy atom. The molecule has 0 bridgehead atoms. The van der Waals surface area contributed by atoms with Crippen molar-refractivity contribution in [2.45, 2.75) is 18.2 Å². The molecule has 1 unspecified atom stereocenters. The number of alkyl halides is 1. The number of hydrogen-bond donors (Lipinski definition) is 0. The summed E-state index contributed by atoms with van der Waals surface area (Å²) in [5.74, 6) is -0.351. The normalized spacial score (nSPS) is 12.2. The van der Waals surface area contributed by atoms with Crippen molar-refractivity contribution in [3.8, 4) is 0 Å². The number of nitrogens with zero attached hydrogens (tertiary/aromatic N) is 1. The second kappa shape index (κ2) is 5.10. The molecular weight excluding hydrogens is 246 g/mol. The standard InChI is InChI=1S/C10H12BrNO2/c1-7(11)5-9-4-3-8(6-12-9)10(13)14-2/h3-4,6-7H,5H2,1-2H3. The van der Waals surface area contributed by atoms with E-state index in [0.29, 0.717) is 10.4 Å². The molecule has 1 atom stereocenters. The number of hydrogen-bond acceptors (Lipinski definition) is 3. The summed E-state index contributed by atoms with van der Waals surface area (Å²) in [5, 5.41) is 0. The van der Waals surface area contributed by atoms with E-state index in [1.807, 2.05) is 6.07 Å². The van der Waals surface area contributed by atoms with Crippen molar-refractivity contribution in [3.05, 3.63) is 29.6 Å². The Bertz CT molecular complexity index is 308. The van der Waals surface area contributed by atoms with Gasteiger partial charge in [0.05, 0.1) is 12.7 Å². The van der Waals surface area contributed by atoms with Gasteiger partial charge >= 0.3 is 5.97 Å². The molecule has 0 saturated carbocycles. The molecule has 0 amide bonds. The molecule has 3 nitrogen and oxygen atoms in total. The highest BCUT2D eigenvalue weighted by atomic mass is 79.9. The summed E-state index contributed by atoms with van der Waals surface area (Å²) in [6, 6.07) is 3.56. The fraction of sp³-hybridized carbons (Fsp3) is 0.400. The van der Waals surface area contributed by atoms with Crippen LogP contribution in [0.5, 0.6) is 0 Å². The van der Waals surface area contributed by atoms with Gasteiger partial charge in [-0.2, -0.15) is 0 Å². The van der Waals surface area contributed by atoms with Gasteiger partial charge in [0.2, 0.25) is 0 Å². The highest BCUT2D eigenvalue weighted by Gasteiger charge is 2.06. The third-order valence-electron chi connectivity index (χ3n) is 1.74. The van der Waals surface area contributed by atoms with Crippen LogP contribution in [0.4, 0.5) is 0 Å². The Morgan fingerprint density at radius 3 is 2.79 bits per heavy atom. The number of methoxy groups -OCH3 is 1. The minimum Gasteiger partial charge on any atom is -0.465 e. The summed E-state index contributed by atoms with van der Waals surface area (Å²) in [7, 11) is 1.36. The predicted octanol–water partition coefficient (Wildman–Crippen LogP) is 2.19. The second-order valence-corrected chi connectivity index (χ2v) is 4.58. The molecule has 0 aliphatic carbocycles. The molecule has 0 saturated heterocycles. The van der Waals surface area contributed by atoms with Crippen LogP contribution in [-0.4, -0.2) is 22.9 Å². The Kier molecular flexibility index (Phi) is 4.07. The third kappa shape index (κ3) is 3.10. The first-order chi connectivity index (χ1) is 6.63. The topological polar surface area (TPSA) is 39.2 Å². The van der Waals surface area contributed by atoms with Gasteiger partial charge in [-0.1, -0.05) is 22.9 Å². The van der Waals surface area contributed by atoms with E-state index >= 15 is 0 Å². The van der Waals surface area contributed by atoms with Crippen LogP contribution in [0, 0.1) is 0 Å². The Hall–Kier alpha value is -0.900. The Morgan fingerprint density at radius 1 is 1.64 bits per heavy atom. The smallest absolute Gasteiger partial charge is 0.339 e. The van der Waals surface area contributed by atoms with Crippen LogP contribution in [0.25, 0.3) is 0 Å². The molecule has 0 aliphatic rings. The molecule has 4 heteroatoms. The quantitative estimate of drug-likeness (QED) is 0.616. The van der Waals surface area contributed by atoms with Crippen molar-refractivity contribution in [1.82, 2.24) is 4.98 Å². The Labute approximate surface area is 91.6 Å². The maximum Gasteiger partial charge on any atom is 0.339 e.